The van der Waals surface area contributed by atoms with Gasteiger partial charge in [0.2, 0.25) is 5.88 Å². The van der Waals surface area contributed by atoms with E-state index in [1.54, 1.807) is 30.0 Å². The predicted octanol–water partition coefficient (Wildman–Crippen LogP) is 2.86. The fourth-order valence-corrected chi connectivity index (χ4v) is 4.76. The number of hydrogen-bond donors (Lipinski definition) is 2. The highest BCUT2D eigenvalue weighted by Crippen LogP contribution is 2.46. The van der Waals surface area contributed by atoms with Crippen LogP contribution >= 0.6 is 11.8 Å². The zero-order valence-corrected chi connectivity index (χ0v) is 18.0. The summed E-state index contributed by atoms with van der Waals surface area (Å²) in [5.74, 6) is -0.0445. The van der Waals surface area contributed by atoms with E-state index < -0.39 is 17.1 Å². The number of rotatable bonds is 3. The number of aromatic nitrogens is 2. The lowest BCUT2D eigenvalue weighted by atomic mass is 10.0. The van der Waals surface area contributed by atoms with Crippen molar-refractivity contribution in [2.24, 2.45) is 19.1 Å². The number of nitrogens with zero attached hydrogens (tertiary/aromatic N) is 3. The Labute approximate surface area is 182 Å². The third kappa shape index (κ3) is 3.61. The van der Waals surface area contributed by atoms with Gasteiger partial charge in [0.25, 0.3) is 5.56 Å². The van der Waals surface area contributed by atoms with E-state index >= 15 is 0 Å². The first-order chi connectivity index (χ1) is 14.8. The molecular formula is C22H21N3O5S. The highest BCUT2D eigenvalue weighted by molar-refractivity contribution is 7.99. The van der Waals surface area contributed by atoms with Gasteiger partial charge >= 0.3 is 5.69 Å². The molecule has 1 aromatic heterocycles. The van der Waals surface area contributed by atoms with Crippen molar-refractivity contribution in [3.63, 3.8) is 0 Å². The zero-order valence-electron chi connectivity index (χ0n) is 17.2. The van der Waals surface area contributed by atoms with E-state index in [-0.39, 0.29) is 16.6 Å². The number of benzene rings is 2. The van der Waals surface area contributed by atoms with Crippen molar-refractivity contribution in [1.29, 1.82) is 0 Å². The molecule has 4 rings (SSSR count). The molecule has 0 unspecified atom stereocenters. The smallest absolute Gasteiger partial charge is 0.333 e. The molecule has 9 heteroatoms. The van der Waals surface area contributed by atoms with Crippen molar-refractivity contribution >= 4 is 23.2 Å². The maximum Gasteiger partial charge on any atom is 0.333 e. The molecule has 31 heavy (non-hydrogen) atoms. The number of aliphatic imine (C=N–C) groups is 1. The van der Waals surface area contributed by atoms with Gasteiger partial charge in [0.15, 0.2) is 11.5 Å². The van der Waals surface area contributed by atoms with Crippen molar-refractivity contribution in [2.45, 2.75) is 16.6 Å². The number of hydrogen-bond acceptors (Lipinski definition) is 7. The van der Waals surface area contributed by atoms with Gasteiger partial charge in [-0.3, -0.25) is 18.9 Å². The van der Waals surface area contributed by atoms with Gasteiger partial charge in [0, 0.05) is 30.7 Å². The average Bonchev–Trinajstić information content (AvgIpc) is 2.96. The second-order valence-corrected chi connectivity index (χ2v) is 8.42. The first kappa shape index (κ1) is 20.8. The van der Waals surface area contributed by atoms with Crippen molar-refractivity contribution in [3.05, 3.63) is 74.4 Å². The quantitative estimate of drug-likeness (QED) is 0.650. The van der Waals surface area contributed by atoms with E-state index in [2.05, 4.69) is 0 Å². The first-order valence-electron chi connectivity index (χ1n) is 9.51. The molecule has 0 spiro atoms. The Bertz CT molecular complexity index is 1330. The molecule has 1 aliphatic heterocycles. The summed E-state index contributed by atoms with van der Waals surface area (Å²) in [5, 5.41) is 20.4. The van der Waals surface area contributed by atoms with Crippen LogP contribution in [0.3, 0.4) is 0 Å². The fourth-order valence-electron chi connectivity index (χ4n) is 3.54. The molecule has 0 bridgehead atoms. The fraction of sp³-hybridized carbons (Fsp3) is 0.227. The minimum atomic E-state index is -0.616. The van der Waals surface area contributed by atoms with Gasteiger partial charge in [0.1, 0.15) is 5.56 Å². The van der Waals surface area contributed by atoms with E-state index in [1.807, 2.05) is 24.3 Å². The van der Waals surface area contributed by atoms with Gasteiger partial charge in [-0.15, -0.1) is 11.8 Å². The van der Waals surface area contributed by atoms with Crippen LogP contribution in [0.15, 0.2) is 61.9 Å². The summed E-state index contributed by atoms with van der Waals surface area (Å²) in [7, 11) is 4.26. The lowest BCUT2D eigenvalue weighted by Gasteiger charge is -2.18. The summed E-state index contributed by atoms with van der Waals surface area (Å²) in [4.78, 5) is 30.7. The SMILES string of the molecule is COc1cc([C@H]2CC(c3c(O)n(C)c(=O)n(C)c3=O)=Nc3ccccc3S2)ccc1O. The number of ether oxygens (including phenoxy) is 1. The lowest BCUT2D eigenvalue weighted by molar-refractivity contribution is 0.373. The maximum absolute atomic E-state index is 12.9. The molecule has 0 saturated heterocycles. The number of phenols is 1. The van der Waals surface area contributed by atoms with E-state index in [9.17, 15) is 19.8 Å². The van der Waals surface area contributed by atoms with Gasteiger partial charge < -0.3 is 14.9 Å². The Morgan fingerprint density at radius 1 is 1.10 bits per heavy atom. The summed E-state index contributed by atoms with van der Waals surface area (Å²) in [5.41, 5.74) is 0.693. The zero-order chi connectivity index (χ0) is 22.3. The normalized spacial score (nSPS) is 15.7. The van der Waals surface area contributed by atoms with Crippen LogP contribution in [-0.4, -0.2) is 32.2 Å². The van der Waals surface area contributed by atoms with Crippen LogP contribution in [0, 0.1) is 0 Å². The van der Waals surface area contributed by atoms with Gasteiger partial charge in [-0.05, 0) is 29.8 Å². The van der Waals surface area contributed by atoms with Crippen LogP contribution in [0.1, 0.15) is 22.8 Å². The monoisotopic (exact) mass is 439 g/mol. The largest absolute Gasteiger partial charge is 0.504 e. The predicted molar refractivity (Wildman–Crippen MR) is 119 cm³/mol. The molecule has 1 atom stereocenters. The van der Waals surface area contributed by atoms with E-state index in [0.29, 0.717) is 23.6 Å². The second kappa shape index (κ2) is 7.99. The number of thioether (sulfide) groups is 1. The van der Waals surface area contributed by atoms with Crippen LogP contribution in [0.25, 0.3) is 0 Å². The number of fused-ring (bicyclic) bond motifs is 1. The minimum Gasteiger partial charge on any atom is -0.504 e. The molecule has 2 N–H and O–H groups in total. The summed E-state index contributed by atoms with van der Waals surface area (Å²) < 4.78 is 7.24. The Kier molecular flexibility index (Phi) is 5.36. The first-order valence-corrected chi connectivity index (χ1v) is 10.4. The summed E-state index contributed by atoms with van der Waals surface area (Å²) in [6.07, 6.45) is 0.314. The van der Waals surface area contributed by atoms with Crippen molar-refractivity contribution in [3.8, 4) is 17.4 Å². The molecule has 1 aliphatic rings. The Hall–Kier alpha value is -3.46. The standard InChI is InChI=1S/C22H21N3O5S/c1-24-20(27)19(21(28)25(2)22(24)29)14-11-18(12-8-9-15(26)16(10-12)30-3)31-17-7-5-4-6-13(17)23-14/h4-10,18,26-27H,11H2,1-3H3/t18-/m1/s1. The van der Waals surface area contributed by atoms with Gasteiger partial charge in [-0.25, -0.2) is 4.79 Å². The molecular weight excluding hydrogens is 418 g/mol. The van der Waals surface area contributed by atoms with Gasteiger partial charge in [0.05, 0.1) is 18.5 Å². The van der Waals surface area contributed by atoms with E-state index in [1.165, 1.54) is 21.2 Å². The Balaban J connectivity index is 1.92. The molecule has 0 aliphatic carbocycles. The average molecular weight is 439 g/mol. The minimum absolute atomic E-state index is 0.00218. The Morgan fingerprint density at radius 2 is 1.84 bits per heavy atom. The molecule has 0 amide bonds. The van der Waals surface area contributed by atoms with Gasteiger partial charge in [-0.2, -0.15) is 0 Å². The van der Waals surface area contributed by atoms with Gasteiger partial charge in [-0.1, -0.05) is 18.2 Å². The Morgan fingerprint density at radius 3 is 2.58 bits per heavy atom. The van der Waals surface area contributed by atoms with Crippen molar-refractivity contribution in [2.75, 3.05) is 7.11 Å². The molecule has 2 aromatic carbocycles. The van der Waals surface area contributed by atoms with Crippen LogP contribution in [0.4, 0.5) is 5.69 Å². The molecule has 0 radical (unpaired) electrons. The van der Waals surface area contributed by atoms with Crippen molar-refractivity contribution < 1.29 is 14.9 Å². The summed E-state index contributed by atoms with van der Waals surface area (Å²) in [6.45, 7) is 0. The molecule has 160 valence electrons. The van der Waals surface area contributed by atoms with Crippen LogP contribution in [0.5, 0.6) is 17.4 Å². The molecule has 2 heterocycles. The number of phenolic OH excluding ortho intramolecular Hbond substituents is 1. The number of para-hydroxylation sites is 1. The van der Waals surface area contributed by atoms with E-state index in [0.717, 1.165) is 19.6 Å². The van der Waals surface area contributed by atoms with Crippen molar-refractivity contribution in [1.82, 2.24) is 9.13 Å². The van der Waals surface area contributed by atoms with Crippen LogP contribution < -0.4 is 16.0 Å². The van der Waals surface area contributed by atoms with Crippen LogP contribution in [0.2, 0.25) is 0 Å². The van der Waals surface area contributed by atoms with Crippen LogP contribution in [-0.2, 0) is 14.1 Å². The third-order valence-electron chi connectivity index (χ3n) is 5.27. The highest BCUT2D eigenvalue weighted by Gasteiger charge is 2.28. The van der Waals surface area contributed by atoms with E-state index in [4.69, 9.17) is 9.73 Å². The topological polar surface area (TPSA) is 106 Å². The number of methoxy groups -OCH3 is 1. The molecule has 3 aromatic rings. The third-order valence-corrected chi connectivity index (χ3v) is 6.59. The second-order valence-electron chi connectivity index (χ2n) is 7.17. The molecule has 0 fully saturated rings. The lowest BCUT2D eigenvalue weighted by Crippen LogP contribution is -2.40. The summed E-state index contributed by atoms with van der Waals surface area (Å²) >= 11 is 1.57. The maximum atomic E-state index is 12.9. The molecule has 8 nitrogen and oxygen atoms in total. The summed E-state index contributed by atoms with van der Waals surface area (Å²) in [6, 6.07) is 12.6. The highest BCUT2D eigenvalue weighted by atomic mass is 32.2. The molecule has 0 saturated carbocycles. The number of aromatic hydroxyl groups is 2.